The fraction of sp³-hybridized carbons (Fsp3) is 1.00. The van der Waals surface area contributed by atoms with Gasteiger partial charge >= 0.3 is 0 Å². The molecule has 0 radical (unpaired) electrons. The van der Waals surface area contributed by atoms with Crippen molar-refractivity contribution < 1.29 is 5.11 Å². The molecule has 1 aliphatic heterocycles. The van der Waals surface area contributed by atoms with E-state index >= 15 is 0 Å². The summed E-state index contributed by atoms with van der Waals surface area (Å²) in [4.78, 5) is 2.50. The van der Waals surface area contributed by atoms with Crippen LogP contribution in [0.4, 0.5) is 0 Å². The van der Waals surface area contributed by atoms with Crippen LogP contribution >= 0.6 is 0 Å². The summed E-state index contributed by atoms with van der Waals surface area (Å²) >= 11 is 0. The van der Waals surface area contributed by atoms with Gasteiger partial charge in [-0.1, -0.05) is 0 Å². The highest BCUT2D eigenvalue weighted by Gasteiger charge is 2.15. The van der Waals surface area contributed by atoms with Gasteiger partial charge in [-0.05, 0) is 65.2 Å². The minimum atomic E-state index is 0.344. The maximum absolute atomic E-state index is 8.70. The molecule has 90 valence electrons. The van der Waals surface area contributed by atoms with E-state index in [2.05, 4.69) is 17.3 Å². The smallest absolute Gasteiger partial charge is 0.0431 e. The highest BCUT2D eigenvalue weighted by molar-refractivity contribution is 4.73. The van der Waals surface area contributed by atoms with E-state index in [1.54, 1.807) is 0 Å². The Kier molecular flexibility index (Phi) is 6.98. The predicted molar refractivity (Wildman–Crippen MR) is 64.1 cm³/mol. The number of unbranched alkanes of at least 4 members (excludes halogenated alkanes) is 2. The summed E-state index contributed by atoms with van der Waals surface area (Å²) in [5, 5.41) is 12.1. The average molecular weight is 214 g/mol. The predicted octanol–water partition coefficient (Wildman–Crippen LogP) is 1.22. The highest BCUT2D eigenvalue weighted by atomic mass is 16.2. The molecule has 1 unspecified atom stereocenters. The molecule has 1 atom stereocenters. The third-order valence-corrected chi connectivity index (χ3v) is 3.34. The van der Waals surface area contributed by atoms with E-state index in [4.69, 9.17) is 5.11 Å². The van der Waals surface area contributed by atoms with E-state index in [0.717, 1.165) is 18.9 Å². The number of nitrogens with zero attached hydrogens (tertiary/aromatic N) is 1. The summed E-state index contributed by atoms with van der Waals surface area (Å²) in [7, 11) is 2.24. The van der Waals surface area contributed by atoms with E-state index in [9.17, 15) is 0 Å². The molecule has 0 aromatic heterocycles. The zero-order chi connectivity index (χ0) is 10.9. The molecule has 1 fully saturated rings. The van der Waals surface area contributed by atoms with Gasteiger partial charge in [0.05, 0.1) is 0 Å². The Labute approximate surface area is 93.9 Å². The average Bonchev–Trinajstić information content (AvgIpc) is 2.52. The first kappa shape index (κ1) is 12.9. The first-order valence-corrected chi connectivity index (χ1v) is 6.36. The summed E-state index contributed by atoms with van der Waals surface area (Å²) in [5.74, 6) is 0. The Morgan fingerprint density at radius 2 is 2.07 bits per heavy atom. The molecule has 1 heterocycles. The minimum Gasteiger partial charge on any atom is -0.396 e. The van der Waals surface area contributed by atoms with Crippen molar-refractivity contribution in [1.82, 2.24) is 10.2 Å². The maximum Gasteiger partial charge on any atom is 0.0431 e. The largest absolute Gasteiger partial charge is 0.396 e. The lowest BCUT2D eigenvalue weighted by Gasteiger charge is -2.26. The van der Waals surface area contributed by atoms with Crippen LogP contribution in [-0.4, -0.2) is 49.3 Å². The van der Waals surface area contributed by atoms with Crippen molar-refractivity contribution in [1.29, 1.82) is 0 Å². The second-order valence-corrected chi connectivity index (χ2v) is 4.60. The molecule has 1 rings (SSSR count). The lowest BCUT2D eigenvalue weighted by atomic mass is 10.1. The van der Waals surface area contributed by atoms with Crippen molar-refractivity contribution in [3.05, 3.63) is 0 Å². The normalized spacial score (nSPS) is 23.0. The molecular formula is C12H26N2O. The summed E-state index contributed by atoms with van der Waals surface area (Å²) in [6, 6.07) is 0.772. The van der Waals surface area contributed by atoms with Crippen molar-refractivity contribution in [3.63, 3.8) is 0 Å². The van der Waals surface area contributed by atoms with Gasteiger partial charge < -0.3 is 15.3 Å². The van der Waals surface area contributed by atoms with Crippen molar-refractivity contribution in [2.75, 3.05) is 33.3 Å². The van der Waals surface area contributed by atoms with Gasteiger partial charge in [0, 0.05) is 12.6 Å². The molecule has 2 N–H and O–H groups in total. The van der Waals surface area contributed by atoms with Crippen molar-refractivity contribution in [2.45, 2.75) is 44.6 Å². The van der Waals surface area contributed by atoms with Crippen LogP contribution in [0.25, 0.3) is 0 Å². The zero-order valence-electron chi connectivity index (χ0n) is 10.0. The lowest BCUT2D eigenvalue weighted by molar-refractivity contribution is 0.215. The minimum absolute atomic E-state index is 0.344. The second-order valence-electron chi connectivity index (χ2n) is 4.60. The molecule has 3 nitrogen and oxygen atoms in total. The summed E-state index contributed by atoms with van der Waals surface area (Å²) in [5.41, 5.74) is 0. The number of nitrogens with one attached hydrogen (secondary N) is 1. The van der Waals surface area contributed by atoms with Crippen LogP contribution in [-0.2, 0) is 0 Å². The summed E-state index contributed by atoms with van der Waals surface area (Å²) in [6.45, 7) is 3.89. The molecule has 0 aromatic rings. The molecule has 0 saturated carbocycles. The SMILES string of the molecule is CN(CCCCCO)C1CCCNCC1. The number of hydrogen-bond donors (Lipinski definition) is 2. The highest BCUT2D eigenvalue weighted by Crippen LogP contribution is 2.12. The van der Waals surface area contributed by atoms with Crippen molar-refractivity contribution >= 4 is 0 Å². The van der Waals surface area contributed by atoms with Gasteiger partial charge in [-0.15, -0.1) is 0 Å². The number of aliphatic hydroxyl groups excluding tert-OH is 1. The van der Waals surface area contributed by atoms with Crippen LogP contribution in [0.15, 0.2) is 0 Å². The first-order chi connectivity index (χ1) is 7.34. The zero-order valence-corrected chi connectivity index (χ0v) is 10.0. The lowest BCUT2D eigenvalue weighted by Crippen LogP contribution is -2.33. The number of aliphatic hydroxyl groups is 1. The van der Waals surface area contributed by atoms with E-state index in [-0.39, 0.29) is 0 Å². The molecule has 3 heteroatoms. The molecule has 1 aliphatic rings. The first-order valence-electron chi connectivity index (χ1n) is 6.36. The Morgan fingerprint density at radius 1 is 1.20 bits per heavy atom. The van der Waals surface area contributed by atoms with Gasteiger partial charge in [0.2, 0.25) is 0 Å². The summed E-state index contributed by atoms with van der Waals surface area (Å²) < 4.78 is 0. The van der Waals surface area contributed by atoms with Gasteiger partial charge in [-0.25, -0.2) is 0 Å². The third kappa shape index (κ3) is 5.50. The summed E-state index contributed by atoms with van der Waals surface area (Å²) in [6.07, 6.45) is 7.28. The molecule has 0 spiro atoms. The quantitative estimate of drug-likeness (QED) is 0.653. The Hall–Kier alpha value is -0.120. The fourth-order valence-electron chi connectivity index (χ4n) is 2.27. The molecule has 0 aromatic carbocycles. The third-order valence-electron chi connectivity index (χ3n) is 3.34. The van der Waals surface area contributed by atoms with Gasteiger partial charge in [-0.2, -0.15) is 0 Å². The molecule has 0 amide bonds. The van der Waals surface area contributed by atoms with Gasteiger partial charge in [-0.3, -0.25) is 0 Å². The van der Waals surface area contributed by atoms with Crippen LogP contribution in [0.2, 0.25) is 0 Å². The molecule has 0 aliphatic carbocycles. The Bertz CT molecular complexity index is 145. The second kappa shape index (κ2) is 8.08. The fourth-order valence-corrected chi connectivity index (χ4v) is 2.27. The van der Waals surface area contributed by atoms with Gasteiger partial charge in [0.1, 0.15) is 0 Å². The molecular weight excluding hydrogens is 188 g/mol. The van der Waals surface area contributed by atoms with E-state index in [1.807, 2.05) is 0 Å². The van der Waals surface area contributed by atoms with Crippen molar-refractivity contribution in [3.8, 4) is 0 Å². The van der Waals surface area contributed by atoms with Gasteiger partial charge in [0.15, 0.2) is 0 Å². The van der Waals surface area contributed by atoms with E-state index in [0.29, 0.717) is 6.61 Å². The number of rotatable bonds is 6. The molecule has 0 bridgehead atoms. The van der Waals surface area contributed by atoms with Gasteiger partial charge in [0.25, 0.3) is 0 Å². The maximum atomic E-state index is 8.70. The van der Waals surface area contributed by atoms with Crippen LogP contribution in [0, 0.1) is 0 Å². The molecule has 15 heavy (non-hydrogen) atoms. The molecule has 1 saturated heterocycles. The topological polar surface area (TPSA) is 35.5 Å². The Balaban J connectivity index is 2.11. The van der Waals surface area contributed by atoms with Crippen molar-refractivity contribution in [2.24, 2.45) is 0 Å². The van der Waals surface area contributed by atoms with Crippen LogP contribution in [0.1, 0.15) is 38.5 Å². The van der Waals surface area contributed by atoms with Crippen LogP contribution < -0.4 is 5.32 Å². The van der Waals surface area contributed by atoms with E-state index in [1.165, 1.54) is 45.3 Å². The number of hydrogen-bond acceptors (Lipinski definition) is 3. The van der Waals surface area contributed by atoms with Crippen LogP contribution in [0.5, 0.6) is 0 Å². The van der Waals surface area contributed by atoms with Crippen LogP contribution in [0.3, 0.4) is 0 Å². The Morgan fingerprint density at radius 3 is 2.87 bits per heavy atom. The monoisotopic (exact) mass is 214 g/mol. The van der Waals surface area contributed by atoms with E-state index < -0.39 is 0 Å². The standard InChI is InChI=1S/C12H26N2O/c1-14(10-3-2-4-11-15)12-6-5-8-13-9-7-12/h12-13,15H,2-11H2,1H3.